The summed E-state index contributed by atoms with van der Waals surface area (Å²) in [6.07, 6.45) is 2.25. The minimum Gasteiger partial charge on any atom is -0.481 e. The summed E-state index contributed by atoms with van der Waals surface area (Å²) in [5.74, 6) is -0.781. The number of benzene rings is 1. The van der Waals surface area contributed by atoms with Crippen molar-refractivity contribution in [2.75, 3.05) is 26.7 Å². The minimum atomic E-state index is -0.752. The molecular formula is C20H26N4O4. The number of imidazole rings is 1. The Kier molecular flexibility index (Phi) is 4.74. The molecule has 8 nitrogen and oxygen atoms in total. The van der Waals surface area contributed by atoms with Gasteiger partial charge in [-0.2, -0.15) is 0 Å². The number of amides is 1. The second-order valence-corrected chi connectivity index (χ2v) is 8.00. The maximum atomic E-state index is 12.8. The smallest absolute Gasteiger partial charge is 0.326 e. The lowest BCUT2D eigenvalue weighted by molar-refractivity contribution is -0.165. The number of carboxylic acids is 1. The number of aromatic amines is 1. The molecule has 28 heavy (non-hydrogen) atoms. The first-order chi connectivity index (χ1) is 13.4. The van der Waals surface area contributed by atoms with Crippen molar-refractivity contribution < 1.29 is 14.7 Å². The molecule has 2 atom stereocenters. The fourth-order valence-electron chi connectivity index (χ4n) is 4.91. The van der Waals surface area contributed by atoms with Crippen LogP contribution in [0.4, 0.5) is 0 Å². The van der Waals surface area contributed by atoms with Crippen molar-refractivity contribution in [3.63, 3.8) is 0 Å². The number of H-pyrrole nitrogens is 1. The molecule has 150 valence electrons. The molecule has 0 aliphatic carbocycles. The zero-order chi connectivity index (χ0) is 19.9. The van der Waals surface area contributed by atoms with E-state index in [-0.39, 0.29) is 24.1 Å². The van der Waals surface area contributed by atoms with Crippen molar-refractivity contribution in [3.8, 4) is 0 Å². The van der Waals surface area contributed by atoms with Crippen LogP contribution >= 0.6 is 0 Å². The Bertz CT molecular complexity index is 965. The lowest BCUT2D eigenvalue weighted by Gasteiger charge is -2.51. The average molecular weight is 386 g/mol. The van der Waals surface area contributed by atoms with E-state index < -0.39 is 11.4 Å². The van der Waals surface area contributed by atoms with Gasteiger partial charge in [0.1, 0.15) is 0 Å². The van der Waals surface area contributed by atoms with Gasteiger partial charge in [-0.1, -0.05) is 12.1 Å². The van der Waals surface area contributed by atoms with Gasteiger partial charge in [0, 0.05) is 32.1 Å². The van der Waals surface area contributed by atoms with Gasteiger partial charge in [0.2, 0.25) is 5.91 Å². The highest BCUT2D eigenvalue weighted by molar-refractivity contribution is 5.80. The Morgan fingerprint density at radius 1 is 1.25 bits per heavy atom. The predicted molar refractivity (Wildman–Crippen MR) is 104 cm³/mol. The molecule has 2 aromatic rings. The zero-order valence-electron chi connectivity index (χ0n) is 16.1. The number of carbonyl (C=O) groups is 2. The molecule has 1 aromatic heterocycles. The number of hydrogen-bond donors (Lipinski definition) is 2. The van der Waals surface area contributed by atoms with Crippen LogP contribution in [0.3, 0.4) is 0 Å². The number of nitrogens with one attached hydrogen (secondary N) is 1. The highest BCUT2D eigenvalue weighted by atomic mass is 16.4. The van der Waals surface area contributed by atoms with Gasteiger partial charge in [0.15, 0.2) is 0 Å². The quantitative estimate of drug-likeness (QED) is 0.820. The zero-order valence-corrected chi connectivity index (χ0v) is 16.1. The molecule has 2 N–H and O–H groups in total. The van der Waals surface area contributed by atoms with Gasteiger partial charge in [0.25, 0.3) is 0 Å². The number of para-hydroxylation sites is 2. The van der Waals surface area contributed by atoms with Crippen LogP contribution in [0.1, 0.15) is 25.7 Å². The van der Waals surface area contributed by atoms with Crippen molar-refractivity contribution >= 4 is 22.9 Å². The molecule has 0 bridgehead atoms. The first-order valence-corrected chi connectivity index (χ1v) is 9.81. The normalized spacial score (nSPS) is 25.6. The number of likely N-dealkylation sites (tertiary alicyclic amines) is 2. The molecule has 0 saturated carbocycles. The van der Waals surface area contributed by atoms with Crippen molar-refractivity contribution in [3.05, 3.63) is 34.7 Å². The van der Waals surface area contributed by atoms with E-state index in [0.717, 1.165) is 24.0 Å². The Morgan fingerprint density at radius 2 is 2.04 bits per heavy atom. The van der Waals surface area contributed by atoms with Crippen LogP contribution in [-0.2, 0) is 16.1 Å². The maximum Gasteiger partial charge on any atom is 0.326 e. The molecule has 3 heterocycles. The Balaban J connectivity index is 1.47. The van der Waals surface area contributed by atoms with Crippen molar-refractivity contribution in [2.24, 2.45) is 5.41 Å². The SMILES string of the molecule is CN1CCC[C@]2(C(=O)O)CCN(C(=O)CCn3c(=O)[nH]c4ccccc43)C[C@@H]12. The number of nitrogens with zero attached hydrogens (tertiary/aromatic N) is 3. The molecule has 2 fully saturated rings. The maximum absolute atomic E-state index is 12.8. The predicted octanol–water partition coefficient (Wildman–Crippen LogP) is 1.12. The molecule has 1 aromatic carbocycles. The van der Waals surface area contributed by atoms with E-state index in [1.54, 1.807) is 9.47 Å². The monoisotopic (exact) mass is 386 g/mol. The van der Waals surface area contributed by atoms with E-state index in [1.807, 2.05) is 31.3 Å². The number of carboxylic acid groups (broad SMARTS) is 1. The number of hydrogen-bond acceptors (Lipinski definition) is 4. The third-order valence-corrected chi connectivity index (χ3v) is 6.53. The van der Waals surface area contributed by atoms with Gasteiger partial charge in [0.05, 0.1) is 16.4 Å². The highest BCUT2D eigenvalue weighted by Gasteiger charge is 2.52. The second kappa shape index (κ2) is 7.09. The second-order valence-electron chi connectivity index (χ2n) is 8.00. The van der Waals surface area contributed by atoms with E-state index in [9.17, 15) is 19.5 Å². The van der Waals surface area contributed by atoms with Crippen LogP contribution in [-0.4, -0.2) is 69.1 Å². The molecule has 4 rings (SSSR count). The number of rotatable bonds is 4. The standard InChI is InChI=1S/C20H26N4O4/c1-22-10-4-8-20(18(26)27)9-12-23(13-16(20)22)17(25)7-11-24-15-6-3-2-5-14(15)21-19(24)28/h2-3,5-6,16H,4,7-13H2,1H3,(H,21,28)(H,26,27)/t16-,20+/m1/s1. The van der Waals surface area contributed by atoms with E-state index in [4.69, 9.17) is 0 Å². The lowest BCUT2D eigenvalue weighted by Crippen LogP contribution is -2.63. The van der Waals surface area contributed by atoms with Crippen LogP contribution in [0.2, 0.25) is 0 Å². The lowest BCUT2D eigenvalue weighted by atomic mass is 9.68. The molecule has 2 aliphatic rings. The summed E-state index contributed by atoms with van der Waals surface area (Å²) in [6, 6.07) is 7.26. The van der Waals surface area contributed by atoms with Crippen LogP contribution in [0, 0.1) is 5.41 Å². The Labute approximate surface area is 162 Å². The molecule has 2 saturated heterocycles. The Hall–Kier alpha value is -2.61. The molecule has 0 unspecified atom stereocenters. The van der Waals surface area contributed by atoms with Gasteiger partial charge < -0.3 is 19.9 Å². The fraction of sp³-hybridized carbons (Fsp3) is 0.550. The number of piperidine rings is 2. The van der Waals surface area contributed by atoms with Crippen molar-refractivity contribution in [1.82, 2.24) is 19.4 Å². The number of aromatic nitrogens is 2. The van der Waals surface area contributed by atoms with Gasteiger partial charge in [-0.05, 0) is 45.0 Å². The average Bonchev–Trinajstić information content (AvgIpc) is 3.01. The summed E-state index contributed by atoms with van der Waals surface area (Å²) in [5, 5.41) is 9.85. The summed E-state index contributed by atoms with van der Waals surface area (Å²) in [6.45, 7) is 2.05. The Morgan fingerprint density at radius 3 is 2.82 bits per heavy atom. The molecule has 1 amide bonds. The molecule has 0 radical (unpaired) electrons. The fourth-order valence-corrected chi connectivity index (χ4v) is 4.91. The topological polar surface area (TPSA) is 98.6 Å². The molecular weight excluding hydrogens is 360 g/mol. The van der Waals surface area contributed by atoms with Gasteiger partial charge >= 0.3 is 11.7 Å². The van der Waals surface area contributed by atoms with Crippen LogP contribution < -0.4 is 5.69 Å². The summed E-state index contributed by atoms with van der Waals surface area (Å²) >= 11 is 0. The summed E-state index contributed by atoms with van der Waals surface area (Å²) in [5.41, 5.74) is 0.575. The third kappa shape index (κ3) is 3.01. The first kappa shape index (κ1) is 18.7. The van der Waals surface area contributed by atoms with E-state index in [2.05, 4.69) is 9.88 Å². The van der Waals surface area contributed by atoms with Gasteiger partial charge in [-0.15, -0.1) is 0 Å². The van der Waals surface area contributed by atoms with Crippen LogP contribution in [0.5, 0.6) is 0 Å². The number of carbonyl (C=O) groups excluding carboxylic acids is 1. The van der Waals surface area contributed by atoms with Crippen LogP contribution in [0.25, 0.3) is 11.0 Å². The number of aryl methyl sites for hydroxylation is 1. The summed E-state index contributed by atoms with van der Waals surface area (Å²) < 4.78 is 1.59. The van der Waals surface area contributed by atoms with E-state index in [0.29, 0.717) is 32.5 Å². The minimum absolute atomic E-state index is 0.0323. The van der Waals surface area contributed by atoms with Crippen LogP contribution in [0.15, 0.2) is 29.1 Å². The van der Waals surface area contributed by atoms with Gasteiger partial charge in [-0.25, -0.2) is 4.79 Å². The summed E-state index contributed by atoms with van der Waals surface area (Å²) in [4.78, 5) is 43.7. The third-order valence-electron chi connectivity index (χ3n) is 6.53. The number of likely N-dealkylation sites (N-methyl/N-ethyl adjacent to an activating group) is 1. The molecule has 2 aliphatic heterocycles. The largest absolute Gasteiger partial charge is 0.481 e. The number of fused-ring (bicyclic) bond motifs is 2. The van der Waals surface area contributed by atoms with Crippen molar-refractivity contribution in [1.29, 1.82) is 0 Å². The number of aliphatic carboxylic acids is 1. The van der Waals surface area contributed by atoms with E-state index >= 15 is 0 Å². The first-order valence-electron chi connectivity index (χ1n) is 9.81. The molecule has 0 spiro atoms. The van der Waals surface area contributed by atoms with Crippen molar-refractivity contribution in [2.45, 2.75) is 38.3 Å². The van der Waals surface area contributed by atoms with Gasteiger partial charge in [-0.3, -0.25) is 14.2 Å². The summed E-state index contributed by atoms with van der Waals surface area (Å²) in [7, 11) is 1.95. The molecule has 8 heteroatoms. The van der Waals surface area contributed by atoms with E-state index in [1.165, 1.54) is 0 Å². The highest BCUT2D eigenvalue weighted by Crippen LogP contribution is 2.42.